The highest BCUT2D eigenvalue weighted by Crippen LogP contribution is 1.99. The summed E-state index contributed by atoms with van der Waals surface area (Å²) < 4.78 is 10.4. The van der Waals surface area contributed by atoms with Crippen LogP contribution in [0.2, 0.25) is 0 Å². The SMILES string of the molecule is COCCCN(C)CCNC(=NCC(C)C)NCCc1ccco1. The molecule has 0 atom stereocenters. The summed E-state index contributed by atoms with van der Waals surface area (Å²) >= 11 is 0. The standard InChI is InChI=1S/C18H34N4O2/c1-16(2)15-21-18(19-9-8-17-7-5-14-24-17)20-10-12-22(3)11-6-13-23-4/h5,7,14,16H,6,8-13,15H2,1-4H3,(H2,19,20,21). The Bertz CT molecular complexity index is 432. The molecule has 1 aromatic heterocycles. The second kappa shape index (κ2) is 12.8. The van der Waals surface area contributed by atoms with Gasteiger partial charge < -0.3 is 24.7 Å². The van der Waals surface area contributed by atoms with E-state index in [1.54, 1.807) is 13.4 Å². The first-order chi connectivity index (χ1) is 11.6. The molecular weight excluding hydrogens is 304 g/mol. The monoisotopic (exact) mass is 338 g/mol. The molecule has 0 unspecified atom stereocenters. The van der Waals surface area contributed by atoms with Crippen molar-refractivity contribution in [1.82, 2.24) is 15.5 Å². The smallest absolute Gasteiger partial charge is 0.191 e. The van der Waals surface area contributed by atoms with E-state index in [0.717, 1.165) is 63.9 Å². The Morgan fingerprint density at radius 2 is 2.08 bits per heavy atom. The summed E-state index contributed by atoms with van der Waals surface area (Å²) in [5.74, 6) is 2.41. The van der Waals surface area contributed by atoms with Gasteiger partial charge in [-0.3, -0.25) is 4.99 Å². The third-order valence-electron chi connectivity index (χ3n) is 3.53. The van der Waals surface area contributed by atoms with Crippen LogP contribution in [0, 0.1) is 5.92 Å². The van der Waals surface area contributed by atoms with Crippen LogP contribution >= 0.6 is 0 Å². The number of nitrogens with zero attached hydrogens (tertiary/aromatic N) is 2. The summed E-state index contributed by atoms with van der Waals surface area (Å²) in [5.41, 5.74) is 0. The molecule has 0 aromatic carbocycles. The third-order valence-corrected chi connectivity index (χ3v) is 3.53. The fourth-order valence-electron chi connectivity index (χ4n) is 2.16. The van der Waals surface area contributed by atoms with E-state index in [-0.39, 0.29) is 0 Å². The Morgan fingerprint density at radius 1 is 1.29 bits per heavy atom. The fraction of sp³-hybridized carbons (Fsp3) is 0.722. The summed E-state index contributed by atoms with van der Waals surface area (Å²) in [5, 5.41) is 6.79. The number of methoxy groups -OCH3 is 1. The first kappa shape index (κ1) is 20.5. The van der Waals surface area contributed by atoms with E-state index in [1.165, 1.54) is 0 Å². The van der Waals surface area contributed by atoms with Gasteiger partial charge in [-0.05, 0) is 31.5 Å². The molecule has 0 aliphatic rings. The van der Waals surface area contributed by atoms with Crippen LogP contribution < -0.4 is 10.6 Å². The highest BCUT2D eigenvalue weighted by atomic mass is 16.5. The fourth-order valence-corrected chi connectivity index (χ4v) is 2.16. The number of ether oxygens (including phenoxy) is 1. The molecule has 0 saturated heterocycles. The van der Waals surface area contributed by atoms with Gasteiger partial charge >= 0.3 is 0 Å². The quantitative estimate of drug-likeness (QED) is 0.347. The molecule has 0 bridgehead atoms. The Morgan fingerprint density at radius 3 is 2.75 bits per heavy atom. The number of guanidine groups is 1. The predicted molar refractivity (Wildman–Crippen MR) is 99.5 cm³/mol. The number of likely N-dealkylation sites (N-methyl/N-ethyl adjacent to an activating group) is 1. The van der Waals surface area contributed by atoms with E-state index in [0.29, 0.717) is 5.92 Å². The Balaban J connectivity index is 2.29. The lowest BCUT2D eigenvalue weighted by Gasteiger charge is -2.18. The summed E-state index contributed by atoms with van der Waals surface area (Å²) in [7, 11) is 3.88. The van der Waals surface area contributed by atoms with Crippen molar-refractivity contribution < 1.29 is 9.15 Å². The van der Waals surface area contributed by atoms with Crippen molar-refractivity contribution in [3.8, 4) is 0 Å². The average Bonchev–Trinajstić information content (AvgIpc) is 3.05. The summed E-state index contributed by atoms with van der Waals surface area (Å²) in [6.45, 7) is 9.67. The molecule has 0 radical (unpaired) electrons. The van der Waals surface area contributed by atoms with Crippen LogP contribution in [-0.2, 0) is 11.2 Å². The van der Waals surface area contributed by atoms with Gasteiger partial charge in [-0.1, -0.05) is 13.8 Å². The second-order valence-corrected chi connectivity index (χ2v) is 6.42. The van der Waals surface area contributed by atoms with E-state index in [1.807, 2.05) is 12.1 Å². The van der Waals surface area contributed by atoms with Crippen LogP contribution in [0.3, 0.4) is 0 Å². The second-order valence-electron chi connectivity index (χ2n) is 6.42. The maximum Gasteiger partial charge on any atom is 0.191 e. The number of hydrogen-bond donors (Lipinski definition) is 2. The van der Waals surface area contributed by atoms with Crippen LogP contribution in [0.15, 0.2) is 27.8 Å². The van der Waals surface area contributed by atoms with E-state index < -0.39 is 0 Å². The molecule has 2 N–H and O–H groups in total. The minimum absolute atomic E-state index is 0.547. The highest BCUT2D eigenvalue weighted by molar-refractivity contribution is 5.79. The molecule has 0 saturated carbocycles. The first-order valence-corrected chi connectivity index (χ1v) is 8.84. The zero-order chi connectivity index (χ0) is 17.6. The van der Waals surface area contributed by atoms with E-state index in [9.17, 15) is 0 Å². The molecule has 0 amide bonds. The van der Waals surface area contributed by atoms with E-state index >= 15 is 0 Å². The molecule has 1 aromatic rings. The third kappa shape index (κ3) is 10.3. The number of aliphatic imine (C=N–C) groups is 1. The van der Waals surface area contributed by atoms with Gasteiger partial charge in [0.2, 0.25) is 0 Å². The van der Waals surface area contributed by atoms with E-state index in [2.05, 4.69) is 41.4 Å². The number of nitrogens with one attached hydrogen (secondary N) is 2. The van der Waals surface area contributed by atoms with Gasteiger partial charge in [0.1, 0.15) is 5.76 Å². The van der Waals surface area contributed by atoms with Gasteiger partial charge in [0, 0.05) is 52.9 Å². The molecule has 6 heteroatoms. The molecule has 1 rings (SSSR count). The largest absolute Gasteiger partial charge is 0.469 e. The van der Waals surface area contributed by atoms with Crippen molar-refractivity contribution in [2.45, 2.75) is 26.7 Å². The zero-order valence-electron chi connectivity index (χ0n) is 15.7. The lowest BCUT2D eigenvalue weighted by molar-refractivity contribution is 0.180. The van der Waals surface area contributed by atoms with Crippen LogP contribution in [-0.4, -0.2) is 64.3 Å². The van der Waals surface area contributed by atoms with Crippen LogP contribution in [0.4, 0.5) is 0 Å². The topological polar surface area (TPSA) is 62.0 Å². The molecular formula is C18H34N4O2. The number of furan rings is 1. The lowest BCUT2D eigenvalue weighted by Crippen LogP contribution is -2.42. The van der Waals surface area contributed by atoms with Crippen LogP contribution in [0.1, 0.15) is 26.0 Å². The molecule has 138 valence electrons. The maximum atomic E-state index is 5.36. The van der Waals surface area contributed by atoms with Crippen molar-refractivity contribution in [3.05, 3.63) is 24.2 Å². The normalized spacial score (nSPS) is 12.2. The maximum absolute atomic E-state index is 5.36. The summed E-state index contributed by atoms with van der Waals surface area (Å²) in [6.07, 6.45) is 3.62. The van der Waals surface area contributed by atoms with E-state index in [4.69, 9.17) is 9.15 Å². The number of rotatable bonds is 12. The Hall–Kier alpha value is -1.53. The van der Waals surface area contributed by atoms with Crippen molar-refractivity contribution in [2.75, 3.05) is 53.5 Å². The minimum atomic E-state index is 0.547. The minimum Gasteiger partial charge on any atom is -0.469 e. The molecule has 0 spiro atoms. The van der Waals surface area contributed by atoms with Gasteiger partial charge in [0.15, 0.2) is 5.96 Å². The van der Waals surface area contributed by atoms with Gasteiger partial charge in [0.25, 0.3) is 0 Å². The Labute approximate surface area is 146 Å². The number of hydrogen-bond acceptors (Lipinski definition) is 4. The van der Waals surface area contributed by atoms with Crippen molar-refractivity contribution in [1.29, 1.82) is 0 Å². The molecule has 0 aliphatic carbocycles. The lowest BCUT2D eigenvalue weighted by atomic mass is 10.2. The van der Waals surface area contributed by atoms with Gasteiger partial charge in [-0.2, -0.15) is 0 Å². The zero-order valence-corrected chi connectivity index (χ0v) is 15.7. The summed E-state index contributed by atoms with van der Waals surface area (Å²) in [6, 6.07) is 3.91. The van der Waals surface area contributed by atoms with Crippen LogP contribution in [0.5, 0.6) is 0 Å². The van der Waals surface area contributed by atoms with Crippen molar-refractivity contribution in [2.24, 2.45) is 10.9 Å². The molecule has 6 nitrogen and oxygen atoms in total. The van der Waals surface area contributed by atoms with Gasteiger partial charge in [-0.15, -0.1) is 0 Å². The first-order valence-electron chi connectivity index (χ1n) is 8.84. The van der Waals surface area contributed by atoms with Gasteiger partial charge in [-0.25, -0.2) is 0 Å². The molecule has 24 heavy (non-hydrogen) atoms. The molecule has 0 aliphatic heterocycles. The van der Waals surface area contributed by atoms with Crippen molar-refractivity contribution in [3.63, 3.8) is 0 Å². The summed E-state index contributed by atoms with van der Waals surface area (Å²) in [4.78, 5) is 6.94. The van der Waals surface area contributed by atoms with Gasteiger partial charge in [0.05, 0.1) is 6.26 Å². The highest BCUT2D eigenvalue weighted by Gasteiger charge is 2.03. The Kier molecular flexibility index (Phi) is 11.0. The average molecular weight is 338 g/mol. The van der Waals surface area contributed by atoms with Crippen LogP contribution in [0.25, 0.3) is 0 Å². The molecule has 0 fully saturated rings. The van der Waals surface area contributed by atoms with Crippen molar-refractivity contribution >= 4 is 5.96 Å². The predicted octanol–water partition coefficient (Wildman–Crippen LogP) is 1.98. The molecule has 1 heterocycles.